The van der Waals surface area contributed by atoms with E-state index in [1.165, 1.54) is 10.6 Å². The maximum absolute atomic E-state index is 12.0. The van der Waals surface area contributed by atoms with Crippen LogP contribution >= 0.6 is 0 Å². The maximum atomic E-state index is 12.0. The van der Waals surface area contributed by atoms with Gasteiger partial charge in [-0.3, -0.25) is 4.79 Å². The first kappa shape index (κ1) is 12.5. The number of aromatic nitrogens is 1. The van der Waals surface area contributed by atoms with Crippen molar-refractivity contribution in [3.8, 4) is 0 Å². The molecule has 88 valence electrons. The fraction of sp³-hybridized carbons (Fsp3) is 0.500. The number of carbonyl (C=O) groups excluding carboxylic acids is 1. The number of hydrogen-bond donors (Lipinski definition) is 1. The molecule has 1 aromatic heterocycles. The van der Waals surface area contributed by atoms with Crippen LogP contribution in [0.1, 0.15) is 41.6 Å². The van der Waals surface area contributed by atoms with Crippen LogP contribution in [0.2, 0.25) is 0 Å². The van der Waals surface area contributed by atoms with Crippen molar-refractivity contribution in [3.05, 3.63) is 23.5 Å². The number of carboxylic acid groups (broad SMARTS) is 1. The van der Waals surface area contributed by atoms with Crippen molar-refractivity contribution in [1.29, 1.82) is 0 Å². The molecule has 1 atom stereocenters. The lowest BCUT2D eigenvalue weighted by molar-refractivity contribution is 0.0686. The summed E-state index contributed by atoms with van der Waals surface area (Å²) < 4.78 is 1.46. The second-order valence-corrected chi connectivity index (χ2v) is 4.43. The first-order valence-corrected chi connectivity index (χ1v) is 5.28. The Morgan fingerprint density at radius 3 is 2.25 bits per heavy atom. The van der Waals surface area contributed by atoms with Gasteiger partial charge in [-0.15, -0.1) is 0 Å². The van der Waals surface area contributed by atoms with Crippen molar-refractivity contribution in [1.82, 2.24) is 4.57 Å². The van der Waals surface area contributed by atoms with Crippen LogP contribution in [0.3, 0.4) is 0 Å². The Bertz CT molecular complexity index is 418. The van der Waals surface area contributed by atoms with Crippen molar-refractivity contribution in [2.75, 3.05) is 0 Å². The Hall–Kier alpha value is -1.58. The van der Waals surface area contributed by atoms with Crippen LogP contribution in [0.15, 0.2) is 12.3 Å². The maximum Gasteiger partial charge on any atom is 0.352 e. The van der Waals surface area contributed by atoms with Crippen LogP contribution < -0.4 is 0 Å². The van der Waals surface area contributed by atoms with Crippen LogP contribution in [-0.2, 0) is 7.05 Å². The molecule has 0 fully saturated rings. The largest absolute Gasteiger partial charge is 0.477 e. The SMILES string of the molecule is CC(C)C(C)C(=O)c1cc(C(=O)O)n(C)c1. The van der Waals surface area contributed by atoms with Crippen LogP contribution in [0.25, 0.3) is 0 Å². The molecular formula is C12H17NO3. The van der Waals surface area contributed by atoms with Crippen molar-refractivity contribution >= 4 is 11.8 Å². The number of ketones is 1. The molecule has 0 aliphatic rings. The average molecular weight is 223 g/mol. The molecule has 1 rings (SSSR count). The number of rotatable bonds is 4. The Balaban J connectivity index is 3.02. The molecular weight excluding hydrogens is 206 g/mol. The fourth-order valence-electron chi connectivity index (χ4n) is 1.48. The summed E-state index contributed by atoms with van der Waals surface area (Å²) in [5, 5.41) is 8.88. The highest BCUT2D eigenvalue weighted by Crippen LogP contribution is 2.18. The van der Waals surface area contributed by atoms with Gasteiger partial charge in [-0.05, 0) is 12.0 Å². The summed E-state index contributed by atoms with van der Waals surface area (Å²) in [5.74, 6) is -0.859. The van der Waals surface area contributed by atoms with E-state index >= 15 is 0 Å². The van der Waals surface area contributed by atoms with Gasteiger partial charge in [-0.25, -0.2) is 4.79 Å². The molecule has 4 nitrogen and oxygen atoms in total. The molecule has 0 saturated carbocycles. The molecule has 0 aromatic carbocycles. The minimum absolute atomic E-state index is 0.00176. The highest BCUT2D eigenvalue weighted by molar-refractivity contribution is 6.00. The van der Waals surface area contributed by atoms with E-state index in [1.54, 1.807) is 13.2 Å². The van der Waals surface area contributed by atoms with Crippen LogP contribution in [0.5, 0.6) is 0 Å². The van der Waals surface area contributed by atoms with Crippen LogP contribution in [0.4, 0.5) is 0 Å². The summed E-state index contributed by atoms with van der Waals surface area (Å²) in [7, 11) is 1.63. The van der Waals surface area contributed by atoms with Gasteiger partial charge < -0.3 is 9.67 Å². The van der Waals surface area contributed by atoms with Gasteiger partial charge in [0.2, 0.25) is 0 Å². The van der Waals surface area contributed by atoms with Gasteiger partial charge >= 0.3 is 5.97 Å². The number of Topliss-reactive ketones (excluding diaryl/α,β-unsaturated/α-hetero) is 1. The number of hydrogen-bond acceptors (Lipinski definition) is 2. The van der Waals surface area contributed by atoms with E-state index in [4.69, 9.17) is 5.11 Å². The van der Waals surface area contributed by atoms with E-state index in [1.807, 2.05) is 20.8 Å². The lowest BCUT2D eigenvalue weighted by Crippen LogP contribution is -2.16. The van der Waals surface area contributed by atoms with Gasteiger partial charge in [0.1, 0.15) is 5.69 Å². The van der Waals surface area contributed by atoms with Crippen molar-refractivity contribution in [3.63, 3.8) is 0 Å². The second kappa shape index (κ2) is 4.51. The molecule has 1 unspecified atom stereocenters. The van der Waals surface area contributed by atoms with Crippen LogP contribution in [0, 0.1) is 11.8 Å². The van der Waals surface area contributed by atoms with Crippen molar-refractivity contribution in [2.24, 2.45) is 18.9 Å². The first-order valence-electron chi connectivity index (χ1n) is 5.28. The fourth-order valence-corrected chi connectivity index (χ4v) is 1.48. The molecule has 0 radical (unpaired) electrons. The summed E-state index contributed by atoms with van der Waals surface area (Å²) in [6.45, 7) is 5.81. The molecule has 0 bridgehead atoms. The Labute approximate surface area is 94.9 Å². The summed E-state index contributed by atoms with van der Waals surface area (Å²) in [6.07, 6.45) is 1.57. The highest BCUT2D eigenvalue weighted by atomic mass is 16.4. The first-order chi connectivity index (χ1) is 7.34. The van der Waals surface area contributed by atoms with E-state index in [-0.39, 0.29) is 23.3 Å². The number of aromatic carboxylic acids is 1. The van der Waals surface area contributed by atoms with E-state index in [0.29, 0.717) is 5.56 Å². The van der Waals surface area contributed by atoms with Gasteiger partial charge in [0.15, 0.2) is 5.78 Å². The van der Waals surface area contributed by atoms with E-state index in [2.05, 4.69) is 0 Å². The lowest BCUT2D eigenvalue weighted by Gasteiger charge is -2.12. The number of carbonyl (C=O) groups is 2. The Morgan fingerprint density at radius 2 is 1.88 bits per heavy atom. The number of nitrogens with zero attached hydrogens (tertiary/aromatic N) is 1. The van der Waals surface area contributed by atoms with E-state index in [0.717, 1.165) is 0 Å². The Morgan fingerprint density at radius 1 is 1.31 bits per heavy atom. The van der Waals surface area contributed by atoms with Crippen molar-refractivity contribution < 1.29 is 14.7 Å². The average Bonchev–Trinajstić information content (AvgIpc) is 2.58. The third kappa shape index (κ3) is 2.32. The number of aryl methyl sites for hydroxylation is 1. The van der Waals surface area contributed by atoms with Gasteiger partial charge in [-0.2, -0.15) is 0 Å². The molecule has 0 saturated heterocycles. The molecule has 4 heteroatoms. The van der Waals surface area contributed by atoms with E-state index < -0.39 is 5.97 Å². The predicted octanol–water partition coefficient (Wildman–Crippen LogP) is 2.20. The molecule has 1 aromatic rings. The number of carboxylic acids is 1. The molecule has 0 spiro atoms. The monoisotopic (exact) mass is 223 g/mol. The zero-order valence-electron chi connectivity index (χ0n) is 10.0. The minimum Gasteiger partial charge on any atom is -0.477 e. The third-order valence-corrected chi connectivity index (χ3v) is 2.92. The molecule has 1 N–H and O–H groups in total. The topological polar surface area (TPSA) is 59.3 Å². The summed E-state index contributed by atoms with van der Waals surface area (Å²) in [4.78, 5) is 22.8. The molecule has 0 amide bonds. The quantitative estimate of drug-likeness (QED) is 0.796. The van der Waals surface area contributed by atoms with Gasteiger partial charge in [-0.1, -0.05) is 20.8 Å². The lowest BCUT2D eigenvalue weighted by atomic mass is 9.91. The zero-order valence-corrected chi connectivity index (χ0v) is 10.0. The van der Waals surface area contributed by atoms with Gasteiger partial charge in [0.05, 0.1) is 0 Å². The standard InChI is InChI=1S/C12H17NO3/c1-7(2)8(3)11(14)9-5-10(12(15)16)13(4)6-9/h5-8H,1-4H3,(H,15,16). The smallest absolute Gasteiger partial charge is 0.352 e. The highest BCUT2D eigenvalue weighted by Gasteiger charge is 2.21. The minimum atomic E-state index is -1.02. The summed E-state index contributed by atoms with van der Waals surface area (Å²) >= 11 is 0. The Kier molecular flexibility index (Phi) is 3.52. The molecule has 1 heterocycles. The van der Waals surface area contributed by atoms with Gasteiger partial charge in [0.25, 0.3) is 0 Å². The van der Waals surface area contributed by atoms with E-state index in [9.17, 15) is 9.59 Å². The van der Waals surface area contributed by atoms with Gasteiger partial charge in [0, 0.05) is 24.7 Å². The molecule has 0 aliphatic carbocycles. The zero-order chi connectivity index (χ0) is 12.5. The van der Waals surface area contributed by atoms with Crippen LogP contribution in [-0.4, -0.2) is 21.4 Å². The molecule has 16 heavy (non-hydrogen) atoms. The molecule has 0 aliphatic heterocycles. The predicted molar refractivity (Wildman–Crippen MR) is 60.7 cm³/mol. The second-order valence-electron chi connectivity index (χ2n) is 4.43. The van der Waals surface area contributed by atoms with Crippen molar-refractivity contribution in [2.45, 2.75) is 20.8 Å². The summed E-state index contributed by atoms with van der Waals surface area (Å²) in [5.41, 5.74) is 0.611. The summed E-state index contributed by atoms with van der Waals surface area (Å²) in [6, 6.07) is 1.43. The normalized spacial score (nSPS) is 12.8. The third-order valence-electron chi connectivity index (χ3n) is 2.92.